The van der Waals surface area contributed by atoms with E-state index in [2.05, 4.69) is 27.8 Å². The van der Waals surface area contributed by atoms with Crippen molar-refractivity contribution in [1.29, 1.82) is 0 Å². The van der Waals surface area contributed by atoms with Gasteiger partial charge in [0.05, 0.1) is 0 Å². The molecule has 0 spiro atoms. The Morgan fingerprint density at radius 3 is 2.75 bits per heavy atom. The average Bonchev–Trinajstić information content (AvgIpc) is 2.65. The Morgan fingerprint density at radius 1 is 1.25 bits per heavy atom. The first-order chi connectivity index (χ1) is 9.70. The molecule has 1 fully saturated rings. The zero-order chi connectivity index (χ0) is 14.4. The molecular formula is C15H24N4O. The zero-order valence-corrected chi connectivity index (χ0v) is 12.4. The van der Waals surface area contributed by atoms with Crippen LogP contribution in [0.1, 0.15) is 56.4 Å². The molecule has 2 N–H and O–H groups in total. The summed E-state index contributed by atoms with van der Waals surface area (Å²) in [6, 6.07) is 4.03. The molecule has 1 aliphatic rings. The van der Waals surface area contributed by atoms with E-state index in [1.54, 1.807) is 6.07 Å². The largest absolute Gasteiger partial charge is 0.366 e. The van der Waals surface area contributed by atoms with Crippen molar-refractivity contribution in [2.24, 2.45) is 5.92 Å². The maximum Gasteiger partial charge on any atom is 0.271 e. The number of nitrogens with one attached hydrogen (secondary N) is 2. The molecule has 110 valence electrons. The van der Waals surface area contributed by atoms with Gasteiger partial charge in [0.2, 0.25) is 0 Å². The van der Waals surface area contributed by atoms with Gasteiger partial charge in [0.15, 0.2) is 5.69 Å². The SMILES string of the molecule is CCNC(=O)c1ccc(NC2CCCCCC2C)nn1. The Bertz CT molecular complexity index is 432. The molecule has 1 saturated carbocycles. The number of rotatable bonds is 4. The standard InChI is InChI=1S/C15H24N4O/c1-3-16-15(20)13-9-10-14(19-18-13)17-12-8-6-4-5-7-11(12)2/h9-12H,3-8H2,1-2H3,(H,16,20)(H,17,19). The van der Waals surface area contributed by atoms with Crippen LogP contribution in [0.25, 0.3) is 0 Å². The molecule has 20 heavy (non-hydrogen) atoms. The summed E-state index contributed by atoms with van der Waals surface area (Å²) in [4.78, 5) is 11.6. The first kappa shape index (κ1) is 14.8. The van der Waals surface area contributed by atoms with Crippen LogP contribution in [0.4, 0.5) is 5.82 Å². The van der Waals surface area contributed by atoms with Crippen molar-refractivity contribution in [3.63, 3.8) is 0 Å². The molecule has 1 aromatic rings. The minimum absolute atomic E-state index is 0.172. The van der Waals surface area contributed by atoms with Crippen LogP contribution in [0, 0.1) is 5.92 Å². The fourth-order valence-electron chi connectivity index (χ4n) is 2.68. The lowest BCUT2D eigenvalue weighted by molar-refractivity contribution is 0.0950. The summed E-state index contributed by atoms with van der Waals surface area (Å²) < 4.78 is 0. The predicted molar refractivity (Wildman–Crippen MR) is 79.7 cm³/mol. The van der Waals surface area contributed by atoms with Gasteiger partial charge in [0.25, 0.3) is 5.91 Å². The minimum atomic E-state index is -0.172. The molecule has 2 unspecified atom stereocenters. The van der Waals surface area contributed by atoms with Gasteiger partial charge >= 0.3 is 0 Å². The van der Waals surface area contributed by atoms with E-state index in [0.29, 0.717) is 24.2 Å². The Labute approximate surface area is 120 Å². The maximum atomic E-state index is 11.6. The smallest absolute Gasteiger partial charge is 0.271 e. The number of nitrogens with zero attached hydrogens (tertiary/aromatic N) is 2. The maximum absolute atomic E-state index is 11.6. The third-order valence-corrected chi connectivity index (χ3v) is 3.93. The van der Waals surface area contributed by atoms with Crippen LogP contribution in [0.3, 0.4) is 0 Å². The number of anilines is 1. The molecule has 5 nitrogen and oxygen atoms in total. The van der Waals surface area contributed by atoms with Crippen LogP contribution in [0.2, 0.25) is 0 Å². The second kappa shape index (κ2) is 7.22. The van der Waals surface area contributed by atoms with Crippen LogP contribution < -0.4 is 10.6 Å². The highest BCUT2D eigenvalue weighted by Gasteiger charge is 2.20. The number of aromatic nitrogens is 2. The van der Waals surface area contributed by atoms with E-state index in [4.69, 9.17) is 0 Å². The molecule has 5 heteroatoms. The van der Waals surface area contributed by atoms with E-state index in [9.17, 15) is 4.79 Å². The van der Waals surface area contributed by atoms with Crippen molar-refractivity contribution in [3.05, 3.63) is 17.8 Å². The molecule has 0 saturated heterocycles. The monoisotopic (exact) mass is 276 g/mol. The van der Waals surface area contributed by atoms with Gasteiger partial charge in [-0.25, -0.2) is 0 Å². The van der Waals surface area contributed by atoms with Gasteiger partial charge in [-0.2, -0.15) is 0 Å². The Morgan fingerprint density at radius 2 is 2.05 bits per heavy atom. The van der Waals surface area contributed by atoms with Crippen molar-refractivity contribution >= 4 is 11.7 Å². The highest BCUT2D eigenvalue weighted by molar-refractivity contribution is 5.92. The van der Waals surface area contributed by atoms with Crippen molar-refractivity contribution in [2.75, 3.05) is 11.9 Å². The number of amides is 1. The van der Waals surface area contributed by atoms with Gasteiger partial charge < -0.3 is 10.6 Å². The first-order valence-corrected chi connectivity index (χ1v) is 7.59. The highest BCUT2D eigenvalue weighted by atomic mass is 16.1. The summed E-state index contributed by atoms with van der Waals surface area (Å²) >= 11 is 0. The van der Waals surface area contributed by atoms with E-state index in [-0.39, 0.29) is 5.91 Å². The summed E-state index contributed by atoms with van der Waals surface area (Å²) in [7, 11) is 0. The molecular weight excluding hydrogens is 252 g/mol. The predicted octanol–water partition coefficient (Wildman–Crippen LogP) is 2.61. The molecule has 2 atom stereocenters. The lowest BCUT2D eigenvalue weighted by Crippen LogP contribution is -2.27. The van der Waals surface area contributed by atoms with Crippen LogP contribution >= 0.6 is 0 Å². The molecule has 0 aromatic carbocycles. The number of hydrogen-bond acceptors (Lipinski definition) is 4. The fraction of sp³-hybridized carbons (Fsp3) is 0.667. The van der Waals surface area contributed by atoms with Crippen molar-refractivity contribution in [3.8, 4) is 0 Å². The van der Waals surface area contributed by atoms with Crippen LogP contribution in [-0.2, 0) is 0 Å². The average molecular weight is 276 g/mol. The molecule has 0 aliphatic heterocycles. The van der Waals surface area contributed by atoms with E-state index in [1.165, 1.54) is 32.1 Å². The molecule has 0 bridgehead atoms. The number of carbonyl (C=O) groups excluding carboxylic acids is 1. The zero-order valence-electron chi connectivity index (χ0n) is 12.4. The van der Waals surface area contributed by atoms with Crippen molar-refractivity contribution < 1.29 is 4.79 Å². The Kier molecular flexibility index (Phi) is 5.32. The highest BCUT2D eigenvalue weighted by Crippen LogP contribution is 2.25. The Balaban J connectivity index is 1.97. The quantitative estimate of drug-likeness (QED) is 0.830. The van der Waals surface area contributed by atoms with E-state index in [0.717, 1.165) is 5.82 Å². The van der Waals surface area contributed by atoms with Gasteiger partial charge in [0, 0.05) is 12.6 Å². The second-order valence-corrected chi connectivity index (χ2v) is 5.53. The summed E-state index contributed by atoms with van der Waals surface area (Å²) in [6.45, 7) is 4.77. The van der Waals surface area contributed by atoms with Crippen LogP contribution in [-0.4, -0.2) is 28.7 Å². The fourth-order valence-corrected chi connectivity index (χ4v) is 2.68. The molecule has 2 rings (SSSR count). The molecule has 1 aliphatic carbocycles. The van der Waals surface area contributed by atoms with E-state index < -0.39 is 0 Å². The van der Waals surface area contributed by atoms with Gasteiger partial charge in [-0.15, -0.1) is 10.2 Å². The summed E-state index contributed by atoms with van der Waals surface area (Å²) in [5.41, 5.74) is 0.367. The third kappa shape index (κ3) is 3.92. The molecule has 1 heterocycles. The molecule has 1 amide bonds. The summed E-state index contributed by atoms with van der Waals surface area (Å²) in [5.74, 6) is 1.24. The lowest BCUT2D eigenvalue weighted by Gasteiger charge is -2.23. The number of carbonyl (C=O) groups is 1. The Hall–Kier alpha value is -1.65. The summed E-state index contributed by atoms with van der Waals surface area (Å²) in [5, 5.41) is 14.3. The normalized spacial score (nSPS) is 22.9. The van der Waals surface area contributed by atoms with Gasteiger partial charge in [-0.05, 0) is 37.8 Å². The van der Waals surface area contributed by atoms with Crippen molar-refractivity contribution in [2.45, 2.75) is 52.0 Å². The van der Waals surface area contributed by atoms with E-state index >= 15 is 0 Å². The van der Waals surface area contributed by atoms with Gasteiger partial charge in [-0.1, -0.05) is 26.2 Å². The molecule has 1 aromatic heterocycles. The van der Waals surface area contributed by atoms with Gasteiger partial charge in [-0.3, -0.25) is 4.79 Å². The minimum Gasteiger partial charge on any atom is -0.366 e. The van der Waals surface area contributed by atoms with Crippen LogP contribution in [0.15, 0.2) is 12.1 Å². The topological polar surface area (TPSA) is 66.9 Å². The molecule has 0 radical (unpaired) electrons. The van der Waals surface area contributed by atoms with Gasteiger partial charge in [0.1, 0.15) is 5.82 Å². The second-order valence-electron chi connectivity index (χ2n) is 5.53. The van der Waals surface area contributed by atoms with E-state index in [1.807, 2.05) is 13.0 Å². The first-order valence-electron chi connectivity index (χ1n) is 7.59. The van der Waals surface area contributed by atoms with Crippen molar-refractivity contribution in [1.82, 2.24) is 15.5 Å². The lowest BCUT2D eigenvalue weighted by atomic mass is 9.97. The number of hydrogen-bond donors (Lipinski definition) is 2. The third-order valence-electron chi connectivity index (χ3n) is 3.93. The summed E-state index contributed by atoms with van der Waals surface area (Å²) in [6.07, 6.45) is 6.36. The van der Waals surface area contributed by atoms with Crippen LogP contribution in [0.5, 0.6) is 0 Å².